The van der Waals surface area contributed by atoms with Crippen molar-refractivity contribution in [3.05, 3.63) is 59.7 Å². The van der Waals surface area contributed by atoms with E-state index in [9.17, 15) is 4.79 Å². The van der Waals surface area contributed by atoms with Crippen LogP contribution in [0.1, 0.15) is 11.1 Å². The highest BCUT2D eigenvalue weighted by Gasteiger charge is 2.12. The smallest absolute Gasteiger partial charge is 0.246 e. The molecule has 3 rings (SSSR count). The van der Waals surface area contributed by atoms with Crippen molar-refractivity contribution in [1.29, 1.82) is 0 Å². The maximum absolute atomic E-state index is 12.3. The average molecular weight is 338 g/mol. The third kappa shape index (κ3) is 4.12. The molecular weight excluding hydrogens is 316 g/mol. The van der Waals surface area contributed by atoms with Crippen LogP contribution < -0.4 is 14.4 Å². The largest absolute Gasteiger partial charge is 0.454 e. The Morgan fingerprint density at radius 3 is 2.48 bits per heavy atom. The van der Waals surface area contributed by atoms with Gasteiger partial charge >= 0.3 is 0 Å². The van der Waals surface area contributed by atoms with Gasteiger partial charge in [0.25, 0.3) is 0 Å². The summed E-state index contributed by atoms with van der Waals surface area (Å²) in [5, 5.41) is 0. The van der Waals surface area contributed by atoms with Crippen molar-refractivity contribution in [2.75, 3.05) is 32.8 Å². The molecule has 0 N–H and O–H groups in total. The highest BCUT2D eigenvalue weighted by molar-refractivity contribution is 5.91. The standard InChI is InChI=1S/C20H22N2O3/c1-21(2)17-8-4-16(5-9-17)13-22(3)20(23)11-7-15-6-10-18-19(12-15)25-14-24-18/h4-12H,13-14H2,1-3H3/b11-7+. The van der Waals surface area contributed by atoms with Crippen LogP contribution in [0.25, 0.3) is 6.08 Å². The Bertz CT molecular complexity index is 782. The number of ether oxygens (including phenoxy) is 2. The Balaban J connectivity index is 1.60. The molecule has 1 heterocycles. The normalized spacial score (nSPS) is 12.4. The molecule has 0 unspecified atom stereocenters. The van der Waals surface area contributed by atoms with Gasteiger partial charge in [-0.15, -0.1) is 0 Å². The maximum Gasteiger partial charge on any atom is 0.246 e. The molecule has 130 valence electrons. The zero-order valence-electron chi connectivity index (χ0n) is 14.7. The number of amides is 1. The summed E-state index contributed by atoms with van der Waals surface area (Å²) in [6, 6.07) is 13.8. The highest BCUT2D eigenvalue weighted by atomic mass is 16.7. The van der Waals surface area contributed by atoms with E-state index >= 15 is 0 Å². The van der Waals surface area contributed by atoms with E-state index in [0.29, 0.717) is 12.3 Å². The van der Waals surface area contributed by atoms with Crippen LogP contribution in [-0.4, -0.2) is 38.7 Å². The van der Waals surface area contributed by atoms with E-state index in [2.05, 4.69) is 12.1 Å². The summed E-state index contributed by atoms with van der Waals surface area (Å²) in [5.41, 5.74) is 3.14. The third-order valence-electron chi connectivity index (χ3n) is 4.06. The molecule has 0 aliphatic carbocycles. The van der Waals surface area contributed by atoms with Gasteiger partial charge in [0.2, 0.25) is 12.7 Å². The van der Waals surface area contributed by atoms with Crippen molar-refractivity contribution in [2.45, 2.75) is 6.54 Å². The first kappa shape index (κ1) is 16.9. The molecule has 0 bridgehead atoms. The van der Waals surface area contributed by atoms with Gasteiger partial charge in [-0.25, -0.2) is 0 Å². The van der Waals surface area contributed by atoms with Gasteiger partial charge in [0.05, 0.1) is 0 Å². The quantitative estimate of drug-likeness (QED) is 0.786. The fourth-order valence-corrected chi connectivity index (χ4v) is 2.56. The Kier molecular flexibility index (Phi) is 4.93. The Labute approximate surface area is 148 Å². The number of benzene rings is 2. The van der Waals surface area contributed by atoms with Crippen LogP contribution in [0, 0.1) is 0 Å². The Morgan fingerprint density at radius 2 is 1.76 bits per heavy atom. The second kappa shape index (κ2) is 7.30. The van der Waals surface area contributed by atoms with Crippen LogP contribution >= 0.6 is 0 Å². The lowest BCUT2D eigenvalue weighted by Crippen LogP contribution is -2.24. The first-order chi connectivity index (χ1) is 12.0. The molecule has 0 fully saturated rings. The van der Waals surface area contributed by atoms with Crippen molar-refractivity contribution < 1.29 is 14.3 Å². The molecule has 0 saturated carbocycles. The van der Waals surface area contributed by atoms with Crippen LogP contribution in [0.2, 0.25) is 0 Å². The Hall–Kier alpha value is -2.95. The van der Waals surface area contributed by atoms with Gasteiger partial charge in [-0.1, -0.05) is 18.2 Å². The molecule has 1 amide bonds. The van der Waals surface area contributed by atoms with Crippen molar-refractivity contribution in [2.24, 2.45) is 0 Å². The van der Waals surface area contributed by atoms with Gasteiger partial charge < -0.3 is 19.3 Å². The van der Waals surface area contributed by atoms with Gasteiger partial charge in [-0.05, 0) is 41.5 Å². The van der Waals surface area contributed by atoms with E-state index < -0.39 is 0 Å². The molecule has 5 heteroatoms. The second-order valence-electron chi connectivity index (χ2n) is 6.20. The molecule has 0 aromatic heterocycles. The van der Waals surface area contributed by atoms with Gasteiger partial charge in [-0.3, -0.25) is 4.79 Å². The Morgan fingerprint density at radius 1 is 1.04 bits per heavy atom. The fourth-order valence-electron chi connectivity index (χ4n) is 2.56. The van der Waals surface area contributed by atoms with Crippen molar-refractivity contribution >= 4 is 17.7 Å². The summed E-state index contributed by atoms with van der Waals surface area (Å²) in [6.45, 7) is 0.814. The number of carbonyl (C=O) groups excluding carboxylic acids is 1. The maximum atomic E-state index is 12.3. The van der Waals surface area contributed by atoms with Gasteiger partial charge in [0.1, 0.15) is 0 Å². The van der Waals surface area contributed by atoms with E-state index in [1.807, 2.05) is 49.3 Å². The first-order valence-electron chi connectivity index (χ1n) is 8.12. The number of nitrogens with zero attached hydrogens (tertiary/aromatic N) is 2. The SMILES string of the molecule is CN(Cc1ccc(N(C)C)cc1)C(=O)/C=C/c1ccc2c(c1)OCO2. The number of fused-ring (bicyclic) bond motifs is 1. The third-order valence-corrected chi connectivity index (χ3v) is 4.06. The summed E-state index contributed by atoms with van der Waals surface area (Å²) in [4.78, 5) is 16.0. The van der Waals surface area contributed by atoms with E-state index in [-0.39, 0.29) is 12.7 Å². The van der Waals surface area contributed by atoms with E-state index in [4.69, 9.17) is 9.47 Å². The minimum Gasteiger partial charge on any atom is -0.454 e. The number of hydrogen-bond donors (Lipinski definition) is 0. The minimum absolute atomic E-state index is 0.0469. The van der Waals surface area contributed by atoms with E-state index in [1.54, 1.807) is 24.1 Å². The lowest BCUT2D eigenvalue weighted by molar-refractivity contribution is -0.125. The summed E-state index contributed by atoms with van der Waals surface area (Å²) < 4.78 is 10.6. The van der Waals surface area contributed by atoms with Crippen molar-refractivity contribution in [3.63, 3.8) is 0 Å². The van der Waals surface area contributed by atoms with Gasteiger partial charge in [-0.2, -0.15) is 0 Å². The monoisotopic (exact) mass is 338 g/mol. The zero-order valence-corrected chi connectivity index (χ0v) is 14.7. The minimum atomic E-state index is -0.0469. The lowest BCUT2D eigenvalue weighted by Gasteiger charge is -2.17. The van der Waals surface area contributed by atoms with Crippen LogP contribution in [0.4, 0.5) is 5.69 Å². The van der Waals surface area contributed by atoms with Gasteiger partial charge in [0, 0.05) is 39.5 Å². The molecular formula is C20H22N2O3. The average Bonchev–Trinajstić information content (AvgIpc) is 3.07. The molecule has 0 radical (unpaired) electrons. The molecule has 2 aromatic rings. The molecule has 0 saturated heterocycles. The number of hydrogen-bond acceptors (Lipinski definition) is 4. The summed E-state index contributed by atoms with van der Waals surface area (Å²) in [6.07, 6.45) is 3.36. The van der Waals surface area contributed by atoms with Crippen molar-refractivity contribution in [1.82, 2.24) is 4.90 Å². The van der Waals surface area contributed by atoms with Crippen LogP contribution in [-0.2, 0) is 11.3 Å². The summed E-state index contributed by atoms with van der Waals surface area (Å²) in [7, 11) is 5.81. The van der Waals surface area contributed by atoms with Crippen molar-refractivity contribution in [3.8, 4) is 11.5 Å². The predicted molar refractivity (Wildman–Crippen MR) is 98.8 cm³/mol. The molecule has 0 spiro atoms. The molecule has 5 nitrogen and oxygen atoms in total. The van der Waals surface area contributed by atoms with Crippen LogP contribution in [0.15, 0.2) is 48.5 Å². The second-order valence-corrected chi connectivity index (χ2v) is 6.20. The first-order valence-corrected chi connectivity index (χ1v) is 8.12. The molecule has 2 aromatic carbocycles. The number of anilines is 1. The van der Waals surface area contributed by atoms with Crippen LogP contribution in [0.3, 0.4) is 0 Å². The number of carbonyl (C=O) groups is 1. The van der Waals surface area contributed by atoms with Crippen LogP contribution in [0.5, 0.6) is 11.5 Å². The molecule has 0 atom stereocenters. The molecule has 25 heavy (non-hydrogen) atoms. The zero-order chi connectivity index (χ0) is 17.8. The number of rotatable bonds is 5. The topological polar surface area (TPSA) is 42.0 Å². The highest BCUT2D eigenvalue weighted by Crippen LogP contribution is 2.32. The predicted octanol–water partition coefficient (Wildman–Crippen LogP) is 3.15. The summed E-state index contributed by atoms with van der Waals surface area (Å²) >= 11 is 0. The van der Waals surface area contributed by atoms with E-state index in [0.717, 1.165) is 22.6 Å². The number of likely N-dealkylation sites (N-methyl/N-ethyl adjacent to an activating group) is 1. The lowest BCUT2D eigenvalue weighted by atomic mass is 10.1. The molecule has 1 aliphatic rings. The van der Waals surface area contributed by atoms with E-state index in [1.165, 1.54) is 0 Å². The summed E-state index contributed by atoms with van der Waals surface area (Å²) in [5.74, 6) is 1.40. The fraction of sp³-hybridized carbons (Fsp3) is 0.250. The van der Waals surface area contributed by atoms with Gasteiger partial charge in [0.15, 0.2) is 11.5 Å². The molecule has 1 aliphatic heterocycles.